The molecule has 3 nitrogen and oxygen atoms in total. The van der Waals surface area contributed by atoms with Gasteiger partial charge in [0.05, 0.1) is 22.4 Å². The summed E-state index contributed by atoms with van der Waals surface area (Å²) in [6.45, 7) is 2.31. The third-order valence-corrected chi connectivity index (χ3v) is 11.4. The van der Waals surface area contributed by atoms with Gasteiger partial charge in [0.1, 0.15) is 0 Å². The predicted molar refractivity (Wildman–Crippen MR) is 215 cm³/mol. The molecule has 0 saturated carbocycles. The number of fused-ring (bicyclic) bond motifs is 6. The fourth-order valence-electron chi connectivity index (χ4n) is 7.76. The fourth-order valence-corrected chi connectivity index (χ4v) is 9.02. The molecule has 0 radical (unpaired) electrons. The zero-order valence-electron chi connectivity index (χ0n) is 28.1. The van der Waals surface area contributed by atoms with Gasteiger partial charge in [-0.25, -0.2) is 9.97 Å². The minimum Gasteiger partial charge on any atom is -0.309 e. The normalized spacial score (nSPS) is 14.2. The highest BCUT2D eigenvalue weighted by atomic mass is 32.1. The van der Waals surface area contributed by atoms with Crippen molar-refractivity contribution in [3.63, 3.8) is 0 Å². The van der Waals surface area contributed by atoms with Gasteiger partial charge in [-0.15, -0.1) is 11.3 Å². The van der Waals surface area contributed by atoms with Crippen molar-refractivity contribution in [3.05, 3.63) is 173 Å². The van der Waals surface area contributed by atoms with Crippen LogP contribution in [0.2, 0.25) is 0 Å². The first-order valence-electron chi connectivity index (χ1n) is 17.5. The van der Waals surface area contributed by atoms with Crippen molar-refractivity contribution >= 4 is 54.9 Å². The number of thiophene rings is 1. The van der Waals surface area contributed by atoms with E-state index >= 15 is 0 Å². The zero-order chi connectivity index (χ0) is 33.9. The summed E-state index contributed by atoms with van der Waals surface area (Å²) in [4.78, 5) is 10.6. The summed E-state index contributed by atoms with van der Waals surface area (Å²) in [7, 11) is 0. The zero-order valence-corrected chi connectivity index (χ0v) is 28.9. The number of hydrogen-bond acceptors (Lipinski definition) is 3. The van der Waals surface area contributed by atoms with Crippen LogP contribution in [-0.4, -0.2) is 14.5 Å². The highest BCUT2D eigenvalue weighted by Crippen LogP contribution is 2.36. The number of rotatable bonds is 5. The Morgan fingerprint density at radius 1 is 0.549 bits per heavy atom. The molecule has 0 saturated heterocycles. The highest BCUT2D eigenvalue weighted by molar-refractivity contribution is 7.17. The number of para-hydroxylation sites is 1. The van der Waals surface area contributed by atoms with Gasteiger partial charge in [-0.1, -0.05) is 134 Å². The third kappa shape index (κ3) is 5.10. The van der Waals surface area contributed by atoms with Crippen LogP contribution in [0.15, 0.2) is 158 Å². The first-order valence-corrected chi connectivity index (χ1v) is 18.4. The molecule has 10 rings (SSSR count). The van der Waals surface area contributed by atoms with Crippen LogP contribution in [-0.2, 0) is 0 Å². The highest BCUT2D eigenvalue weighted by Gasteiger charge is 2.20. The van der Waals surface area contributed by atoms with Crippen LogP contribution >= 0.6 is 11.3 Å². The molecule has 3 aromatic heterocycles. The molecule has 6 aromatic carbocycles. The van der Waals surface area contributed by atoms with Gasteiger partial charge in [0.2, 0.25) is 0 Å². The van der Waals surface area contributed by atoms with Gasteiger partial charge in [0.25, 0.3) is 0 Å². The second-order valence-electron chi connectivity index (χ2n) is 13.5. The summed E-state index contributed by atoms with van der Waals surface area (Å²) in [5, 5.41) is 5.14. The topological polar surface area (TPSA) is 30.7 Å². The molecule has 1 atom stereocenters. The molecule has 242 valence electrons. The van der Waals surface area contributed by atoms with E-state index in [2.05, 4.69) is 175 Å². The molecule has 1 unspecified atom stereocenters. The Morgan fingerprint density at radius 2 is 1.24 bits per heavy atom. The van der Waals surface area contributed by atoms with Crippen LogP contribution < -0.4 is 9.75 Å². The first-order chi connectivity index (χ1) is 25.2. The summed E-state index contributed by atoms with van der Waals surface area (Å²) in [6.07, 6.45) is 3.38. The summed E-state index contributed by atoms with van der Waals surface area (Å²) in [5.74, 6) is 1.14. The molecular formula is C47H33N3S. The van der Waals surface area contributed by atoms with Gasteiger partial charge >= 0.3 is 0 Å². The van der Waals surface area contributed by atoms with Crippen molar-refractivity contribution in [1.82, 2.24) is 14.5 Å². The summed E-state index contributed by atoms with van der Waals surface area (Å²) >= 11 is 1.88. The molecule has 3 heterocycles. The number of nitrogens with zero attached hydrogens (tertiary/aromatic N) is 3. The summed E-state index contributed by atoms with van der Waals surface area (Å²) < 4.78 is 5.03. The maximum Gasteiger partial charge on any atom is 0.160 e. The van der Waals surface area contributed by atoms with E-state index in [9.17, 15) is 0 Å². The molecule has 0 N–H and O–H groups in total. The van der Waals surface area contributed by atoms with E-state index in [1.165, 1.54) is 58.3 Å². The van der Waals surface area contributed by atoms with Crippen LogP contribution in [0, 0.1) is 5.92 Å². The Bertz CT molecular complexity index is 2900. The van der Waals surface area contributed by atoms with Crippen molar-refractivity contribution in [2.45, 2.75) is 13.3 Å². The van der Waals surface area contributed by atoms with Crippen LogP contribution in [0.25, 0.3) is 83.0 Å². The Balaban J connectivity index is 1.19. The maximum absolute atomic E-state index is 5.39. The molecule has 1 aliphatic carbocycles. The minimum atomic E-state index is 0.406. The second-order valence-corrected chi connectivity index (χ2v) is 14.5. The van der Waals surface area contributed by atoms with E-state index in [1.54, 1.807) is 0 Å². The van der Waals surface area contributed by atoms with Crippen LogP contribution in [0.3, 0.4) is 0 Å². The maximum atomic E-state index is 5.39. The quantitative estimate of drug-likeness (QED) is 0.182. The van der Waals surface area contributed by atoms with Gasteiger partial charge in [-0.2, -0.15) is 0 Å². The van der Waals surface area contributed by atoms with Gasteiger partial charge in [0, 0.05) is 42.2 Å². The Morgan fingerprint density at radius 3 is 2.08 bits per heavy atom. The van der Waals surface area contributed by atoms with Crippen molar-refractivity contribution in [2.75, 3.05) is 0 Å². The van der Waals surface area contributed by atoms with E-state index in [0.29, 0.717) is 5.92 Å². The van der Waals surface area contributed by atoms with E-state index in [-0.39, 0.29) is 0 Å². The molecule has 0 spiro atoms. The largest absolute Gasteiger partial charge is 0.309 e. The molecule has 1 aliphatic rings. The van der Waals surface area contributed by atoms with Crippen molar-refractivity contribution in [3.8, 4) is 39.5 Å². The monoisotopic (exact) mass is 671 g/mol. The van der Waals surface area contributed by atoms with E-state index in [4.69, 9.17) is 9.97 Å². The van der Waals surface area contributed by atoms with E-state index < -0.39 is 0 Å². The molecule has 0 fully saturated rings. The smallest absolute Gasteiger partial charge is 0.160 e. The third-order valence-electron chi connectivity index (χ3n) is 10.1. The van der Waals surface area contributed by atoms with Crippen LogP contribution in [0.1, 0.15) is 19.0 Å². The van der Waals surface area contributed by atoms with Gasteiger partial charge in [-0.3, -0.25) is 0 Å². The van der Waals surface area contributed by atoms with Crippen LogP contribution in [0.4, 0.5) is 0 Å². The summed E-state index contributed by atoms with van der Waals surface area (Å²) in [6, 6.07) is 56.3. The lowest BCUT2D eigenvalue weighted by Gasteiger charge is -2.17. The molecule has 4 heteroatoms. The van der Waals surface area contributed by atoms with E-state index in [0.717, 1.165) is 40.4 Å². The molecule has 51 heavy (non-hydrogen) atoms. The SMILES string of the molecule is CC1C=c2c(sc3ccccc23)=C(c2cc(-c3ccccc3)nc(-c3cccc(-n4c5ccccc5c5ccc(-c6ccccc6)cc54)c3)n2)C1. The van der Waals surface area contributed by atoms with Crippen LogP contribution in [0.5, 0.6) is 0 Å². The molecule has 0 aliphatic heterocycles. The average molecular weight is 672 g/mol. The standard InChI is InChI=1S/C47H33N3S/c1-30-25-39-38-20-9-11-22-45(38)51-46(39)40(26-30)42-29-41(32-15-6-3-7-16-32)48-47(49-42)34-17-12-18-35(27-34)50-43-21-10-8-19-36(43)37-24-23-33(28-44(37)50)31-13-4-2-5-14-31/h2-25,27-30H,26H2,1H3. The van der Waals surface area contributed by atoms with Crippen molar-refractivity contribution in [2.24, 2.45) is 5.92 Å². The van der Waals surface area contributed by atoms with E-state index in [1.807, 2.05) is 11.3 Å². The van der Waals surface area contributed by atoms with Gasteiger partial charge in [0.15, 0.2) is 5.82 Å². The summed E-state index contributed by atoms with van der Waals surface area (Å²) in [5.41, 5.74) is 11.1. The lowest BCUT2D eigenvalue weighted by atomic mass is 9.92. The number of hydrogen-bond donors (Lipinski definition) is 0. The fraction of sp³-hybridized carbons (Fsp3) is 0.0638. The second kappa shape index (κ2) is 12.0. The molecular weight excluding hydrogens is 639 g/mol. The Kier molecular flexibility index (Phi) is 7.03. The molecule has 9 aromatic rings. The number of aromatic nitrogens is 3. The average Bonchev–Trinajstić information content (AvgIpc) is 3.73. The lowest BCUT2D eigenvalue weighted by Crippen LogP contribution is -2.28. The predicted octanol–water partition coefficient (Wildman–Crippen LogP) is 10.8. The van der Waals surface area contributed by atoms with Crippen molar-refractivity contribution in [1.29, 1.82) is 0 Å². The van der Waals surface area contributed by atoms with Gasteiger partial charge < -0.3 is 4.57 Å². The lowest BCUT2D eigenvalue weighted by molar-refractivity contribution is 0.785. The minimum absolute atomic E-state index is 0.406. The Labute approximate surface area is 300 Å². The number of benzene rings is 6. The molecule has 0 bridgehead atoms. The molecule has 0 amide bonds. The van der Waals surface area contributed by atoms with Gasteiger partial charge in [-0.05, 0) is 70.7 Å². The first kappa shape index (κ1) is 29.8. The Hall–Kier alpha value is -6.10. The van der Waals surface area contributed by atoms with Crippen molar-refractivity contribution < 1.29 is 0 Å².